The highest BCUT2D eigenvalue weighted by Gasteiger charge is 2.25. The number of aliphatic hydroxyl groups excluding tert-OH is 1. The number of carbonyl (C=O) groups excluding carboxylic acids is 1. The van der Waals surface area contributed by atoms with E-state index in [1.54, 1.807) is 0 Å². The van der Waals surface area contributed by atoms with Crippen LogP contribution in [-0.4, -0.2) is 31.2 Å². The fourth-order valence-electron chi connectivity index (χ4n) is 1.70. The molecule has 1 heterocycles. The van der Waals surface area contributed by atoms with Crippen LogP contribution in [0.15, 0.2) is 6.07 Å². The van der Waals surface area contributed by atoms with Gasteiger partial charge in [-0.1, -0.05) is 11.6 Å². The van der Waals surface area contributed by atoms with Crippen LogP contribution in [-0.2, 0) is 0 Å². The average molecular weight is 258 g/mol. The van der Waals surface area contributed by atoms with Gasteiger partial charge >= 0.3 is 0 Å². The number of aldehydes is 1. The lowest BCUT2D eigenvalue weighted by Gasteiger charge is -2.24. The number of ether oxygens (including phenoxy) is 2. The zero-order valence-electron chi connectivity index (χ0n) is 8.98. The first-order chi connectivity index (χ1) is 8.19. The van der Waals surface area contributed by atoms with Gasteiger partial charge in [-0.25, -0.2) is 0 Å². The Morgan fingerprint density at radius 3 is 2.71 bits per heavy atom. The third-order valence-electron chi connectivity index (χ3n) is 2.54. The fraction of sp³-hybridized carbons (Fsp3) is 0.364. The Morgan fingerprint density at radius 2 is 2.12 bits per heavy atom. The lowest BCUT2D eigenvalue weighted by Crippen LogP contribution is -2.22. The fourth-order valence-corrected chi connectivity index (χ4v) is 1.95. The Balaban J connectivity index is 2.62. The van der Waals surface area contributed by atoms with E-state index in [0.29, 0.717) is 36.6 Å². The van der Waals surface area contributed by atoms with Gasteiger partial charge in [-0.3, -0.25) is 4.79 Å². The average Bonchev–Trinajstić information content (AvgIpc) is 2.37. The molecule has 1 atom stereocenters. The molecular weight excluding hydrogens is 246 g/mol. The van der Waals surface area contributed by atoms with Crippen LogP contribution in [0.2, 0.25) is 5.02 Å². The smallest absolute Gasteiger partial charge is 0.173 e. The molecule has 0 fully saturated rings. The molecule has 6 heteroatoms. The van der Waals surface area contributed by atoms with Gasteiger partial charge < -0.3 is 20.3 Å². The molecule has 0 bridgehead atoms. The normalized spacial score (nSPS) is 15.5. The molecule has 0 aliphatic carbocycles. The maximum absolute atomic E-state index is 10.9. The highest BCUT2D eigenvalue weighted by Crippen LogP contribution is 2.42. The van der Waals surface area contributed by atoms with Crippen molar-refractivity contribution >= 4 is 17.9 Å². The van der Waals surface area contributed by atoms with Crippen LogP contribution in [0.25, 0.3) is 0 Å². The van der Waals surface area contributed by atoms with Crippen molar-refractivity contribution in [3.05, 3.63) is 22.2 Å². The van der Waals surface area contributed by atoms with E-state index in [1.807, 2.05) is 0 Å². The summed E-state index contributed by atoms with van der Waals surface area (Å²) in [7, 11) is 0. The third kappa shape index (κ3) is 2.09. The Labute approximate surface area is 103 Å². The number of benzene rings is 1. The second kappa shape index (κ2) is 4.91. The first-order valence-corrected chi connectivity index (χ1v) is 5.50. The van der Waals surface area contributed by atoms with Gasteiger partial charge in [0.25, 0.3) is 0 Å². The molecule has 1 aliphatic rings. The topological polar surface area (TPSA) is 81.8 Å². The van der Waals surface area contributed by atoms with Crippen molar-refractivity contribution in [2.45, 2.75) is 6.04 Å². The molecule has 17 heavy (non-hydrogen) atoms. The van der Waals surface area contributed by atoms with Gasteiger partial charge in [-0.15, -0.1) is 0 Å². The molecule has 3 N–H and O–H groups in total. The van der Waals surface area contributed by atoms with Gasteiger partial charge in [-0.05, 0) is 6.07 Å². The summed E-state index contributed by atoms with van der Waals surface area (Å²) in [5, 5.41) is 9.31. The van der Waals surface area contributed by atoms with Crippen molar-refractivity contribution in [3.63, 3.8) is 0 Å². The Kier molecular flexibility index (Phi) is 3.51. The van der Waals surface area contributed by atoms with E-state index >= 15 is 0 Å². The van der Waals surface area contributed by atoms with Crippen LogP contribution in [0.5, 0.6) is 11.5 Å². The number of rotatable bonds is 3. The third-order valence-corrected chi connectivity index (χ3v) is 2.86. The van der Waals surface area contributed by atoms with Crippen molar-refractivity contribution in [3.8, 4) is 11.5 Å². The van der Waals surface area contributed by atoms with E-state index in [-0.39, 0.29) is 17.2 Å². The Morgan fingerprint density at radius 1 is 1.47 bits per heavy atom. The summed E-state index contributed by atoms with van der Waals surface area (Å²) in [5.74, 6) is 0.696. The molecule has 0 saturated heterocycles. The molecule has 0 amide bonds. The van der Waals surface area contributed by atoms with E-state index in [1.165, 1.54) is 6.07 Å². The van der Waals surface area contributed by atoms with Gasteiger partial charge in [0.2, 0.25) is 0 Å². The van der Waals surface area contributed by atoms with Gasteiger partial charge in [0.05, 0.1) is 23.2 Å². The van der Waals surface area contributed by atoms with E-state index in [2.05, 4.69) is 0 Å². The van der Waals surface area contributed by atoms with Crippen LogP contribution in [0, 0.1) is 0 Å². The van der Waals surface area contributed by atoms with Crippen molar-refractivity contribution in [2.75, 3.05) is 19.8 Å². The summed E-state index contributed by atoms with van der Waals surface area (Å²) in [6, 6.07) is 0.906. The lowest BCUT2D eigenvalue weighted by molar-refractivity contribution is 0.111. The molecule has 2 rings (SSSR count). The minimum atomic E-state index is -0.622. The highest BCUT2D eigenvalue weighted by atomic mass is 35.5. The Hall–Kier alpha value is -1.30. The molecule has 0 radical (unpaired) electrons. The molecule has 5 nitrogen and oxygen atoms in total. The number of aliphatic hydroxyl groups is 1. The van der Waals surface area contributed by atoms with Crippen molar-refractivity contribution in [2.24, 2.45) is 5.73 Å². The summed E-state index contributed by atoms with van der Waals surface area (Å²) in [6.07, 6.45) is 0.615. The zero-order valence-corrected chi connectivity index (χ0v) is 9.74. The highest BCUT2D eigenvalue weighted by molar-refractivity contribution is 6.33. The number of fused-ring (bicyclic) bond motifs is 1. The largest absolute Gasteiger partial charge is 0.486 e. The Bertz CT molecular complexity index is 450. The van der Waals surface area contributed by atoms with Gasteiger partial charge in [-0.2, -0.15) is 0 Å². The predicted octanol–water partition coefficient (Wildman–Crippen LogP) is 0.916. The van der Waals surface area contributed by atoms with Crippen LogP contribution in [0.3, 0.4) is 0 Å². The van der Waals surface area contributed by atoms with Crippen LogP contribution in [0.4, 0.5) is 0 Å². The predicted molar refractivity (Wildman–Crippen MR) is 61.8 cm³/mol. The second-order valence-electron chi connectivity index (χ2n) is 3.62. The maximum atomic E-state index is 10.9. The number of carbonyl (C=O) groups is 1. The van der Waals surface area contributed by atoms with E-state index < -0.39 is 6.04 Å². The van der Waals surface area contributed by atoms with Crippen molar-refractivity contribution in [1.82, 2.24) is 0 Å². The van der Waals surface area contributed by atoms with E-state index in [0.717, 1.165) is 0 Å². The quantitative estimate of drug-likeness (QED) is 0.787. The minimum Gasteiger partial charge on any atom is -0.486 e. The standard InChI is InChI=1S/C11H12ClNO4/c12-8-3-6(9(13)5-15)10-11(7(8)4-14)17-2-1-16-10/h3-4,9,15H,1-2,5,13H2. The summed E-state index contributed by atoms with van der Waals surface area (Å²) < 4.78 is 10.8. The first-order valence-electron chi connectivity index (χ1n) is 5.12. The molecule has 1 aromatic rings. The van der Waals surface area contributed by atoms with Crippen molar-refractivity contribution < 1.29 is 19.4 Å². The number of hydrogen-bond acceptors (Lipinski definition) is 5. The SMILES string of the molecule is NC(CO)c1cc(Cl)c(C=O)c2c1OCCO2. The molecule has 1 aliphatic heterocycles. The molecular formula is C11H12ClNO4. The summed E-state index contributed by atoms with van der Waals surface area (Å²) in [6.45, 7) is 0.479. The van der Waals surface area contributed by atoms with Gasteiger partial charge in [0.1, 0.15) is 13.2 Å². The second-order valence-corrected chi connectivity index (χ2v) is 4.03. The number of hydrogen-bond donors (Lipinski definition) is 2. The van der Waals surface area contributed by atoms with Crippen LogP contribution in [0.1, 0.15) is 22.0 Å². The monoisotopic (exact) mass is 257 g/mol. The van der Waals surface area contributed by atoms with E-state index in [9.17, 15) is 4.79 Å². The minimum absolute atomic E-state index is 0.239. The van der Waals surface area contributed by atoms with Crippen LogP contribution >= 0.6 is 11.6 Å². The molecule has 92 valence electrons. The zero-order chi connectivity index (χ0) is 12.4. The molecule has 0 saturated carbocycles. The van der Waals surface area contributed by atoms with Crippen LogP contribution < -0.4 is 15.2 Å². The summed E-state index contributed by atoms with van der Waals surface area (Å²) in [5.41, 5.74) is 6.53. The maximum Gasteiger partial charge on any atom is 0.173 e. The summed E-state index contributed by atoms with van der Waals surface area (Å²) in [4.78, 5) is 10.9. The van der Waals surface area contributed by atoms with Gasteiger partial charge in [0, 0.05) is 5.56 Å². The first kappa shape index (κ1) is 12.2. The molecule has 1 aromatic carbocycles. The number of nitrogens with two attached hydrogens (primary N) is 1. The van der Waals surface area contributed by atoms with Gasteiger partial charge in [0.15, 0.2) is 17.8 Å². The van der Waals surface area contributed by atoms with Crippen molar-refractivity contribution in [1.29, 1.82) is 0 Å². The molecule has 0 spiro atoms. The molecule has 1 unspecified atom stereocenters. The molecule has 0 aromatic heterocycles. The lowest BCUT2D eigenvalue weighted by atomic mass is 10.0. The van der Waals surface area contributed by atoms with E-state index in [4.69, 9.17) is 31.9 Å². The number of halogens is 1. The summed E-state index contributed by atoms with van der Waals surface area (Å²) >= 11 is 5.96.